The minimum absolute atomic E-state index is 0.143. The average Bonchev–Trinajstić information content (AvgIpc) is 2.85. The molecule has 5 nitrogen and oxygen atoms in total. The van der Waals surface area contributed by atoms with Gasteiger partial charge in [0.1, 0.15) is 10.3 Å². The van der Waals surface area contributed by atoms with Crippen LogP contribution in [0.4, 0.5) is 4.79 Å². The molecule has 2 aromatic heterocycles. The van der Waals surface area contributed by atoms with Crippen molar-refractivity contribution in [3.8, 4) is 11.1 Å². The summed E-state index contributed by atoms with van der Waals surface area (Å²) < 4.78 is 2.64. The van der Waals surface area contributed by atoms with Crippen molar-refractivity contribution in [2.45, 2.75) is 6.54 Å². The second-order valence-electron chi connectivity index (χ2n) is 4.80. The summed E-state index contributed by atoms with van der Waals surface area (Å²) >= 11 is 15.7. The molecule has 0 spiro atoms. The lowest BCUT2D eigenvalue weighted by atomic mass is 10.0. The number of fused-ring (bicyclic) bond motifs is 1. The molecule has 0 aliphatic heterocycles. The summed E-state index contributed by atoms with van der Waals surface area (Å²) in [6.07, 6.45) is 2.44. The van der Waals surface area contributed by atoms with Gasteiger partial charge >= 0.3 is 6.09 Å². The van der Waals surface area contributed by atoms with E-state index < -0.39 is 6.09 Å². The van der Waals surface area contributed by atoms with Gasteiger partial charge in [-0.2, -0.15) is 0 Å². The van der Waals surface area contributed by atoms with E-state index in [1.54, 1.807) is 24.4 Å². The maximum Gasteiger partial charge on any atom is 0.404 e. The predicted molar refractivity (Wildman–Crippen MR) is 93.2 cm³/mol. The van der Waals surface area contributed by atoms with Crippen molar-refractivity contribution in [2.75, 3.05) is 0 Å². The highest BCUT2D eigenvalue weighted by Gasteiger charge is 2.13. The van der Waals surface area contributed by atoms with Crippen molar-refractivity contribution in [1.82, 2.24) is 14.7 Å². The normalized spacial score (nSPS) is 10.9. The van der Waals surface area contributed by atoms with Crippen LogP contribution in [0.1, 0.15) is 5.56 Å². The Morgan fingerprint density at radius 1 is 1.30 bits per heavy atom. The number of hydrogen-bond donors (Lipinski definition) is 2. The number of amides is 1. The number of halogens is 3. The van der Waals surface area contributed by atoms with E-state index in [4.69, 9.17) is 28.3 Å². The lowest BCUT2D eigenvalue weighted by Gasteiger charge is -2.13. The summed E-state index contributed by atoms with van der Waals surface area (Å²) in [6, 6.07) is 7.02. The van der Waals surface area contributed by atoms with Crippen LogP contribution in [0.3, 0.4) is 0 Å². The third kappa shape index (κ3) is 3.29. The number of pyridine rings is 1. The van der Waals surface area contributed by atoms with Crippen LogP contribution in [-0.4, -0.2) is 20.6 Å². The van der Waals surface area contributed by atoms with Crippen molar-refractivity contribution in [2.24, 2.45) is 0 Å². The van der Waals surface area contributed by atoms with Crippen LogP contribution in [0.15, 0.2) is 41.3 Å². The molecule has 0 atom stereocenters. The first-order valence-corrected chi connectivity index (χ1v) is 8.08. The fraction of sp³-hybridized carbons (Fsp3) is 0.0667. The zero-order valence-electron chi connectivity index (χ0n) is 11.6. The first-order chi connectivity index (χ1) is 11.0. The smallest absolute Gasteiger partial charge is 0.404 e. The summed E-state index contributed by atoms with van der Waals surface area (Å²) in [5, 5.41) is 12.3. The van der Waals surface area contributed by atoms with Gasteiger partial charge in [0.05, 0.1) is 6.20 Å². The van der Waals surface area contributed by atoms with E-state index in [0.717, 1.165) is 21.3 Å². The van der Waals surface area contributed by atoms with E-state index in [-0.39, 0.29) is 6.54 Å². The van der Waals surface area contributed by atoms with Gasteiger partial charge in [-0.05, 0) is 39.7 Å². The van der Waals surface area contributed by atoms with Crippen molar-refractivity contribution in [3.05, 3.63) is 56.9 Å². The lowest BCUT2D eigenvalue weighted by molar-refractivity contribution is 0.194. The molecule has 8 heteroatoms. The molecule has 23 heavy (non-hydrogen) atoms. The monoisotopic (exact) mass is 413 g/mol. The Hall–Kier alpha value is -1.76. The molecule has 3 aromatic rings. The number of carboxylic acid groups (broad SMARTS) is 1. The number of nitrogens with zero attached hydrogens (tertiary/aromatic N) is 2. The third-order valence-electron chi connectivity index (χ3n) is 3.34. The largest absolute Gasteiger partial charge is 0.465 e. The molecule has 1 aromatic carbocycles. The quantitative estimate of drug-likeness (QED) is 0.644. The first-order valence-electron chi connectivity index (χ1n) is 6.53. The fourth-order valence-electron chi connectivity index (χ4n) is 2.30. The van der Waals surface area contributed by atoms with E-state index in [1.165, 1.54) is 0 Å². The number of hydrogen-bond acceptors (Lipinski definition) is 2. The Morgan fingerprint density at radius 3 is 2.78 bits per heavy atom. The highest BCUT2D eigenvalue weighted by Crippen LogP contribution is 2.33. The highest BCUT2D eigenvalue weighted by molar-refractivity contribution is 9.10. The number of benzene rings is 1. The van der Waals surface area contributed by atoms with Crippen molar-refractivity contribution >= 4 is 50.9 Å². The minimum atomic E-state index is -1.09. The molecule has 1 amide bonds. The number of aromatic nitrogens is 2. The first kappa shape index (κ1) is 16.1. The SMILES string of the molecule is O=C(O)NCc1cc2ncc(Br)n2cc1-c1ccc(Cl)cc1Cl. The average molecular weight is 415 g/mol. The van der Waals surface area contributed by atoms with Crippen molar-refractivity contribution in [1.29, 1.82) is 0 Å². The summed E-state index contributed by atoms with van der Waals surface area (Å²) in [4.78, 5) is 15.1. The van der Waals surface area contributed by atoms with Crippen LogP contribution in [-0.2, 0) is 6.54 Å². The Morgan fingerprint density at radius 2 is 2.09 bits per heavy atom. The maximum atomic E-state index is 10.8. The standard InChI is InChI=1S/C15H10BrCl2N3O2/c16-13-6-19-14-3-8(5-20-15(22)23)11(7-21(13)14)10-2-1-9(17)4-12(10)18/h1-4,6-7,20H,5H2,(H,22,23). The molecule has 3 rings (SSSR count). The molecule has 0 aliphatic carbocycles. The highest BCUT2D eigenvalue weighted by atomic mass is 79.9. The molecular weight excluding hydrogens is 405 g/mol. The maximum absolute atomic E-state index is 10.8. The van der Waals surface area contributed by atoms with E-state index in [2.05, 4.69) is 26.2 Å². The second kappa shape index (κ2) is 6.39. The zero-order valence-corrected chi connectivity index (χ0v) is 14.7. The molecule has 0 saturated carbocycles. The number of nitrogens with one attached hydrogen (secondary N) is 1. The van der Waals surface area contributed by atoms with E-state index in [1.807, 2.05) is 16.7 Å². The summed E-state index contributed by atoms with van der Waals surface area (Å²) in [6.45, 7) is 0.143. The van der Waals surface area contributed by atoms with Gasteiger partial charge in [-0.15, -0.1) is 0 Å². The number of rotatable bonds is 3. The van der Waals surface area contributed by atoms with E-state index in [9.17, 15) is 4.79 Å². The van der Waals surface area contributed by atoms with Gasteiger partial charge in [-0.25, -0.2) is 9.78 Å². The topological polar surface area (TPSA) is 66.6 Å². The van der Waals surface area contributed by atoms with Crippen LogP contribution in [0, 0.1) is 0 Å². The lowest BCUT2D eigenvalue weighted by Crippen LogP contribution is -2.20. The Bertz CT molecular complexity index is 911. The molecule has 118 valence electrons. The van der Waals surface area contributed by atoms with Crippen molar-refractivity contribution in [3.63, 3.8) is 0 Å². The molecule has 0 saturated heterocycles. The van der Waals surface area contributed by atoms with Gasteiger partial charge in [-0.1, -0.05) is 29.3 Å². The van der Waals surface area contributed by atoms with Crippen LogP contribution < -0.4 is 5.32 Å². The summed E-state index contributed by atoms with van der Waals surface area (Å²) in [5.74, 6) is 0. The zero-order chi connectivity index (χ0) is 16.6. The van der Waals surface area contributed by atoms with Gasteiger partial charge in [0.15, 0.2) is 0 Å². The number of imidazole rings is 1. The van der Waals surface area contributed by atoms with Gasteiger partial charge in [0.2, 0.25) is 0 Å². The third-order valence-corrected chi connectivity index (χ3v) is 4.47. The van der Waals surface area contributed by atoms with Crippen LogP contribution in [0.25, 0.3) is 16.8 Å². The van der Waals surface area contributed by atoms with E-state index in [0.29, 0.717) is 15.7 Å². The van der Waals surface area contributed by atoms with Crippen LogP contribution >= 0.6 is 39.1 Å². The molecular formula is C15H10BrCl2N3O2. The van der Waals surface area contributed by atoms with Crippen LogP contribution in [0.2, 0.25) is 10.0 Å². The second-order valence-corrected chi connectivity index (χ2v) is 6.46. The van der Waals surface area contributed by atoms with Gasteiger partial charge in [0.25, 0.3) is 0 Å². The Balaban J connectivity index is 2.20. The molecule has 2 heterocycles. The van der Waals surface area contributed by atoms with Gasteiger partial charge in [0, 0.05) is 33.9 Å². The number of carbonyl (C=O) groups is 1. The van der Waals surface area contributed by atoms with Gasteiger partial charge in [-0.3, -0.25) is 4.40 Å². The Kier molecular flexibility index (Phi) is 4.48. The minimum Gasteiger partial charge on any atom is -0.465 e. The molecule has 0 fully saturated rings. The van der Waals surface area contributed by atoms with E-state index >= 15 is 0 Å². The predicted octanol–water partition coefficient (Wildman–Crippen LogP) is 4.84. The molecule has 0 aliphatic rings. The van der Waals surface area contributed by atoms with Crippen LogP contribution in [0.5, 0.6) is 0 Å². The molecule has 2 N–H and O–H groups in total. The molecule has 0 radical (unpaired) electrons. The van der Waals surface area contributed by atoms with Gasteiger partial charge < -0.3 is 10.4 Å². The molecule has 0 unspecified atom stereocenters. The molecule has 0 bridgehead atoms. The van der Waals surface area contributed by atoms with Crippen molar-refractivity contribution < 1.29 is 9.90 Å². The Labute approximate surface area is 150 Å². The summed E-state index contributed by atoms with van der Waals surface area (Å²) in [5.41, 5.74) is 3.03. The fourth-order valence-corrected chi connectivity index (χ4v) is 3.20. The summed E-state index contributed by atoms with van der Waals surface area (Å²) in [7, 11) is 0.